The number of carbonyl (C=O) groups is 1. The minimum absolute atomic E-state index is 0.165. The van der Waals surface area contributed by atoms with Crippen molar-refractivity contribution in [3.63, 3.8) is 0 Å². The van der Waals surface area contributed by atoms with Crippen molar-refractivity contribution in [2.75, 3.05) is 0 Å². The highest BCUT2D eigenvalue weighted by Crippen LogP contribution is 2.35. The topological polar surface area (TPSA) is 17.1 Å². The Labute approximate surface area is 79.5 Å². The molecule has 0 radical (unpaired) electrons. The van der Waals surface area contributed by atoms with Crippen molar-refractivity contribution in [2.24, 2.45) is 17.8 Å². The van der Waals surface area contributed by atoms with Crippen molar-refractivity contribution in [3.8, 4) is 0 Å². The molecule has 0 saturated heterocycles. The lowest BCUT2D eigenvalue weighted by molar-refractivity contribution is -0.112. The summed E-state index contributed by atoms with van der Waals surface area (Å²) in [4.78, 5) is 10.7. The average Bonchev–Trinajstić information content (AvgIpc) is 1.96. The molecule has 1 aliphatic rings. The normalized spacial score (nSPS) is 36.4. The molecule has 0 spiro atoms. The van der Waals surface area contributed by atoms with E-state index in [0.717, 1.165) is 11.8 Å². The van der Waals surface area contributed by atoms with Gasteiger partial charge >= 0.3 is 0 Å². The van der Waals surface area contributed by atoms with E-state index in [2.05, 4.69) is 13.8 Å². The van der Waals surface area contributed by atoms with Gasteiger partial charge < -0.3 is 0 Å². The molecule has 1 aliphatic carbocycles. The zero-order valence-corrected chi connectivity index (χ0v) is 8.60. The van der Waals surface area contributed by atoms with E-state index in [0.29, 0.717) is 12.3 Å². The molecule has 0 aromatic heterocycles. The van der Waals surface area contributed by atoms with Gasteiger partial charge in [-0.05, 0) is 42.2 Å². The van der Waals surface area contributed by atoms with Crippen molar-refractivity contribution >= 4 is 16.8 Å². The lowest BCUT2D eigenvalue weighted by atomic mass is 9.75. The lowest BCUT2D eigenvalue weighted by Gasteiger charge is -2.31. The van der Waals surface area contributed by atoms with Crippen molar-refractivity contribution in [1.29, 1.82) is 0 Å². The van der Waals surface area contributed by atoms with Crippen LogP contribution in [0.15, 0.2) is 0 Å². The van der Waals surface area contributed by atoms with Crippen molar-refractivity contribution in [2.45, 2.75) is 39.5 Å². The molecule has 2 heteroatoms. The minimum Gasteiger partial charge on any atom is -0.281 e. The fourth-order valence-electron chi connectivity index (χ4n) is 2.07. The molecule has 3 unspecified atom stereocenters. The molecule has 70 valence electrons. The first-order valence-corrected chi connectivity index (χ1v) is 5.15. The van der Waals surface area contributed by atoms with E-state index < -0.39 is 0 Å². The SMILES string of the molecule is CC1CCC(CC(=O)Cl)CC1C. The van der Waals surface area contributed by atoms with Crippen LogP contribution in [0.5, 0.6) is 0 Å². The van der Waals surface area contributed by atoms with Gasteiger partial charge in [0.2, 0.25) is 5.24 Å². The largest absolute Gasteiger partial charge is 0.281 e. The second-order valence-corrected chi connectivity index (χ2v) is 4.61. The van der Waals surface area contributed by atoms with Gasteiger partial charge in [-0.2, -0.15) is 0 Å². The predicted octanol–water partition coefficient (Wildman–Crippen LogP) is 3.21. The molecule has 0 heterocycles. The van der Waals surface area contributed by atoms with Crippen LogP contribution in [-0.2, 0) is 4.79 Å². The summed E-state index contributed by atoms with van der Waals surface area (Å²) < 4.78 is 0. The lowest BCUT2D eigenvalue weighted by Crippen LogP contribution is -2.21. The molecule has 3 atom stereocenters. The molecule has 0 bridgehead atoms. The van der Waals surface area contributed by atoms with Crippen molar-refractivity contribution in [3.05, 3.63) is 0 Å². The van der Waals surface area contributed by atoms with Crippen LogP contribution in [0.2, 0.25) is 0 Å². The van der Waals surface area contributed by atoms with Crippen molar-refractivity contribution < 1.29 is 4.79 Å². The molecular weight excluding hydrogens is 172 g/mol. The van der Waals surface area contributed by atoms with Gasteiger partial charge in [-0.1, -0.05) is 20.3 Å². The first-order valence-electron chi connectivity index (χ1n) is 4.78. The first kappa shape index (κ1) is 10.0. The summed E-state index contributed by atoms with van der Waals surface area (Å²) >= 11 is 5.36. The molecular formula is C10H17ClO. The standard InChI is InChI=1S/C10H17ClO/c1-7-3-4-9(5-8(7)2)6-10(11)12/h7-9H,3-6H2,1-2H3. The Morgan fingerprint density at radius 1 is 1.33 bits per heavy atom. The molecule has 1 rings (SSSR count). The highest BCUT2D eigenvalue weighted by Gasteiger charge is 2.25. The van der Waals surface area contributed by atoms with Crippen LogP contribution in [0.25, 0.3) is 0 Å². The fraction of sp³-hybridized carbons (Fsp3) is 0.900. The third-order valence-electron chi connectivity index (χ3n) is 3.16. The number of hydrogen-bond donors (Lipinski definition) is 0. The first-order chi connectivity index (χ1) is 5.59. The Bertz CT molecular complexity index is 167. The quantitative estimate of drug-likeness (QED) is 0.609. The molecule has 0 aliphatic heterocycles. The van der Waals surface area contributed by atoms with Crippen molar-refractivity contribution in [1.82, 2.24) is 0 Å². The second kappa shape index (κ2) is 4.27. The van der Waals surface area contributed by atoms with Gasteiger partial charge in [0.25, 0.3) is 0 Å². The zero-order valence-electron chi connectivity index (χ0n) is 7.85. The monoisotopic (exact) mass is 188 g/mol. The molecule has 0 aromatic carbocycles. The molecule has 12 heavy (non-hydrogen) atoms. The second-order valence-electron chi connectivity index (χ2n) is 4.19. The summed E-state index contributed by atoms with van der Waals surface area (Å²) in [5, 5.41) is -0.165. The van der Waals surface area contributed by atoms with Gasteiger partial charge in [-0.25, -0.2) is 0 Å². The minimum atomic E-state index is -0.165. The smallest absolute Gasteiger partial charge is 0.221 e. The highest BCUT2D eigenvalue weighted by molar-refractivity contribution is 6.63. The Balaban J connectivity index is 2.35. The maximum atomic E-state index is 10.7. The number of rotatable bonds is 2. The molecule has 1 fully saturated rings. The Morgan fingerprint density at radius 2 is 2.00 bits per heavy atom. The summed E-state index contributed by atoms with van der Waals surface area (Å²) in [6.45, 7) is 4.57. The number of halogens is 1. The molecule has 1 saturated carbocycles. The maximum absolute atomic E-state index is 10.7. The Morgan fingerprint density at radius 3 is 2.50 bits per heavy atom. The van der Waals surface area contributed by atoms with E-state index in [1.165, 1.54) is 19.3 Å². The summed E-state index contributed by atoms with van der Waals surface area (Å²) in [6, 6.07) is 0. The van der Waals surface area contributed by atoms with Crippen LogP contribution in [0.1, 0.15) is 39.5 Å². The Kier molecular flexibility index (Phi) is 3.57. The van der Waals surface area contributed by atoms with Gasteiger partial charge in [0.15, 0.2) is 0 Å². The van der Waals surface area contributed by atoms with E-state index in [1.54, 1.807) is 0 Å². The van der Waals surface area contributed by atoms with Gasteiger partial charge in [-0.15, -0.1) is 0 Å². The van der Waals surface area contributed by atoms with E-state index in [1.807, 2.05) is 0 Å². The van der Waals surface area contributed by atoms with Crippen LogP contribution in [0, 0.1) is 17.8 Å². The average molecular weight is 189 g/mol. The molecule has 0 aromatic rings. The van der Waals surface area contributed by atoms with E-state index >= 15 is 0 Å². The van der Waals surface area contributed by atoms with Gasteiger partial charge in [0.1, 0.15) is 0 Å². The van der Waals surface area contributed by atoms with Gasteiger partial charge in [-0.3, -0.25) is 4.79 Å². The summed E-state index contributed by atoms with van der Waals surface area (Å²) in [7, 11) is 0. The van der Waals surface area contributed by atoms with Crippen LogP contribution in [0.3, 0.4) is 0 Å². The molecule has 1 nitrogen and oxygen atoms in total. The van der Waals surface area contributed by atoms with Crippen LogP contribution in [-0.4, -0.2) is 5.24 Å². The van der Waals surface area contributed by atoms with E-state index in [-0.39, 0.29) is 5.24 Å². The van der Waals surface area contributed by atoms with E-state index in [9.17, 15) is 4.79 Å². The fourth-order valence-corrected chi connectivity index (χ4v) is 2.29. The van der Waals surface area contributed by atoms with E-state index in [4.69, 9.17) is 11.6 Å². The maximum Gasteiger partial charge on any atom is 0.221 e. The Hall–Kier alpha value is -0.0400. The zero-order chi connectivity index (χ0) is 9.14. The predicted molar refractivity (Wildman–Crippen MR) is 51.1 cm³/mol. The summed E-state index contributed by atoms with van der Waals surface area (Å²) in [5.41, 5.74) is 0. The van der Waals surface area contributed by atoms with Gasteiger partial charge in [0.05, 0.1) is 0 Å². The highest BCUT2D eigenvalue weighted by atomic mass is 35.5. The van der Waals surface area contributed by atoms with Crippen LogP contribution in [0.4, 0.5) is 0 Å². The molecule has 0 N–H and O–H groups in total. The number of hydrogen-bond acceptors (Lipinski definition) is 1. The number of carbonyl (C=O) groups excluding carboxylic acids is 1. The van der Waals surface area contributed by atoms with Gasteiger partial charge in [0, 0.05) is 6.42 Å². The summed E-state index contributed by atoms with van der Waals surface area (Å²) in [6.07, 6.45) is 4.21. The van der Waals surface area contributed by atoms with Crippen LogP contribution >= 0.6 is 11.6 Å². The third kappa shape index (κ3) is 2.78. The summed E-state index contributed by atoms with van der Waals surface area (Å²) in [5.74, 6) is 2.15. The van der Waals surface area contributed by atoms with Crippen LogP contribution < -0.4 is 0 Å². The molecule has 0 amide bonds. The third-order valence-corrected chi connectivity index (χ3v) is 3.31.